The average molecular weight is 788 g/mol. The van der Waals surface area contributed by atoms with Crippen molar-refractivity contribution >= 4 is 53.4 Å². The van der Waals surface area contributed by atoms with Crippen LogP contribution < -0.4 is 9.80 Å². The van der Waals surface area contributed by atoms with Crippen LogP contribution in [0.5, 0.6) is 0 Å². The van der Waals surface area contributed by atoms with E-state index >= 15 is 0 Å². The Morgan fingerprint density at radius 1 is 0.849 bits per heavy atom. The van der Waals surface area contributed by atoms with Gasteiger partial charge in [0.05, 0.1) is 16.4 Å². The Kier molecular flexibility index (Phi) is 9.30. The van der Waals surface area contributed by atoms with Crippen molar-refractivity contribution in [1.29, 1.82) is 0 Å². The normalized spacial score (nSPS) is 19.2. The number of hydrogen-bond donors (Lipinski definition) is 4. The first-order chi connectivity index (χ1) is 24.7. The number of aliphatic imine (C=N–C) groups is 1. The first-order valence-corrected chi connectivity index (χ1v) is 21.9. The highest BCUT2D eigenvalue weighted by Crippen LogP contribution is 2.51. The van der Waals surface area contributed by atoms with Crippen LogP contribution in [0.15, 0.2) is 51.2 Å². The molecule has 0 bridgehead atoms. The highest BCUT2D eigenvalue weighted by Gasteiger charge is 2.42. The van der Waals surface area contributed by atoms with E-state index in [2.05, 4.69) is 24.8 Å². The fraction of sp³-hybridized carbons (Fsp3) is 0.444. The molecule has 17 heteroatoms. The minimum absolute atomic E-state index is 0.0188. The van der Waals surface area contributed by atoms with E-state index in [0.29, 0.717) is 30.7 Å². The minimum Gasteiger partial charge on any atom is -0.480 e. The third kappa shape index (κ3) is 6.98. The van der Waals surface area contributed by atoms with Crippen LogP contribution in [0.3, 0.4) is 0 Å². The van der Waals surface area contributed by atoms with Crippen LogP contribution in [0.1, 0.15) is 84.0 Å². The highest BCUT2D eigenvalue weighted by molar-refractivity contribution is 7.86. The number of carboxylic acid groups (broad SMARTS) is 1. The number of benzene rings is 3. The highest BCUT2D eigenvalue weighted by atomic mass is 32.2. The van der Waals surface area contributed by atoms with Gasteiger partial charge in [-0.1, -0.05) is 19.9 Å². The summed E-state index contributed by atoms with van der Waals surface area (Å²) in [6.07, 6.45) is 4.44. The monoisotopic (exact) mass is 787 g/mol. The molecule has 0 saturated carbocycles. The Bertz CT molecular complexity index is 2420. The van der Waals surface area contributed by atoms with E-state index in [4.69, 9.17) is 4.99 Å². The van der Waals surface area contributed by atoms with Crippen LogP contribution >= 0.6 is 0 Å². The molecule has 3 heterocycles. The predicted molar refractivity (Wildman–Crippen MR) is 197 cm³/mol. The molecule has 4 N–H and O–H groups in total. The van der Waals surface area contributed by atoms with Crippen molar-refractivity contribution in [3.8, 4) is 0 Å². The van der Waals surface area contributed by atoms with Gasteiger partial charge in [0.2, 0.25) is 0 Å². The van der Waals surface area contributed by atoms with Gasteiger partial charge in [0.25, 0.3) is 30.4 Å². The summed E-state index contributed by atoms with van der Waals surface area (Å²) in [5.41, 5.74) is 8.52. The van der Waals surface area contributed by atoms with Gasteiger partial charge in [0, 0.05) is 54.1 Å². The summed E-state index contributed by atoms with van der Waals surface area (Å²) in [6, 6.07) is 7.72. The van der Waals surface area contributed by atoms with Crippen LogP contribution in [0.25, 0.3) is 0 Å². The molecule has 3 aromatic carbocycles. The largest absolute Gasteiger partial charge is 0.480 e. The maximum Gasteiger partial charge on any atom is 0.328 e. The molecule has 0 spiro atoms. The molecule has 0 aromatic heterocycles. The molecule has 1 atom stereocenters. The average Bonchev–Trinajstić information content (AvgIpc) is 3.06. The quantitative estimate of drug-likeness (QED) is 0.225. The molecule has 3 aliphatic heterocycles. The van der Waals surface area contributed by atoms with E-state index in [1.54, 1.807) is 0 Å². The summed E-state index contributed by atoms with van der Waals surface area (Å²) < 4.78 is 101. The fourth-order valence-corrected chi connectivity index (χ4v) is 10.5. The standard InChI is InChI=1S/C36H41N3O11S3/c1-36(2)28-19-30-21(6-3-14-39(30)20-23-9-10-24(52(45,46)47)18-31(23)53(48,49)50)16-26(28)33(37-29(35(40)41)11-15-51(42,43)44)27-17-22-7-4-12-38-13-5-8-25(32(27)36)34(22)38/h9-10,16-19,29H,3-8,11-15,20H2,1-2H3,(H,40,41)(H,42,43,44)(H,45,46,47)(H,48,49,50). The predicted octanol–water partition coefficient (Wildman–Crippen LogP) is 4.04. The maximum atomic E-state index is 12.6. The number of hydrogen-bond acceptors (Lipinski definition) is 10. The first-order valence-electron chi connectivity index (χ1n) is 17.4. The number of anilines is 2. The second kappa shape index (κ2) is 13.2. The molecule has 4 aliphatic rings. The summed E-state index contributed by atoms with van der Waals surface area (Å²) >= 11 is 0. The van der Waals surface area contributed by atoms with Crippen molar-refractivity contribution < 1.29 is 48.8 Å². The molecule has 1 unspecified atom stereocenters. The lowest BCUT2D eigenvalue weighted by atomic mass is 9.64. The third-order valence-corrected chi connectivity index (χ3v) is 13.5. The van der Waals surface area contributed by atoms with Gasteiger partial charge < -0.3 is 14.9 Å². The van der Waals surface area contributed by atoms with Crippen molar-refractivity contribution in [2.75, 3.05) is 35.2 Å². The molecule has 14 nitrogen and oxygen atoms in total. The number of aryl methyl sites for hydroxylation is 2. The summed E-state index contributed by atoms with van der Waals surface area (Å²) in [5, 5.41) is 10.2. The van der Waals surface area contributed by atoms with Gasteiger partial charge in [-0.05, 0) is 109 Å². The second-order valence-corrected chi connectivity index (χ2v) is 19.2. The van der Waals surface area contributed by atoms with E-state index in [9.17, 15) is 48.8 Å². The molecule has 0 radical (unpaired) electrons. The van der Waals surface area contributed by atoms with Crippen LogP contribution in [0.2, 0.25) is 0 Å². The molecule has 7 rings (SSSR count). The van der Waals surface area contributed by atoms with Crippen molar-refractivity contribution in [3.63, 3.8) is 0 Å². The molecule has 0 amide bonds. The molecule has 3 aromatic rings. The van der Waals surface area contributed by atoms with Crippen molar-refractivity contribution in [1.82, 2.24) is 0 Å². The van der Waals surface area contributed by atoms with Gasteiger partial charge >= 0.3 is 5.97 Å². The van der Waals surface area contributed by atoms with E-state index in [-0.39, 0.29) is 12.1 Å². The topological polar surface area (TPSA) is 219 Å². The lowest BCUT2D eigenvalue weighted by Crippen LogP contribution is -2.40. The van der Waals surface area contributed by atoms with Crippen molar-refractivity contribution in [2.24, 2.45) is 4.99 Å². The van der Waals surface area contributed by atoms with Gasteiger partial charge in [-0.15, -0.1) is 0 Å². The van der Waals surface area contributed by atoms with Crippen LogP contribution in [-0.2, 0) is 66.4 Å². The smallest absolute Gasteiger partial charge is 0.328 e. The number of fused-ring (bicyclic) bond motifs is 4. The van der Waals surface area contributed by atoms with Crippen LogP contribution in [0.4, 0.5) is 11.4 Å². The maximum absolute atomic E-state index is 12.6. The van der Waals surface area contributed by atoms with E-state index in [1.165, 1.54) is 22.9 Å². The summed E-state index contributed by atoms with van der Waals surface area (Å²) in [6.45, 7) is 6.58. The molecule has 284 valence electrons. The number of aliphatic carboxylic acids is 1. The zero-order valence-corrected chi connectivity index (χ0v) is 31.7. The first kappa shape index (κ1) is 37.4. The molecular weight excluding hydrogens is 747 g/mol. The Balaban J connectivity index is 1.42. The number of nitrogens with zero attached hydrogens (tertiary/aromatic N) is 3. The van der Waals surface area contributed by atoms with E-state index in [1.807, 2.05) is 17.0 Å². The lowest BCUT2D eigenvalue weighted by molar-refractivity contribution is -0.138. The number of carboxylic acids is 1. The van der Waals surface area contributed by atoms with E-state index < -0.39 is 69.7 Å². The minimum atomic E-state index is -4.89. The Morgan fingerprint density at radius 2 is 1.51 bits per heavy atom. The number of carbonyl (C=O) groups is 1. The SMILES string of the molecule is CC1(C)c2cc3c(cc2C(=NC(CCS(=O)(=O)O)C(=O)O)c2cc4c5c(c21)CCCN5CCC4)CCCN3Cc1ccc(S(=O)(=O)O)cc1S(=O)(=O)O. The van der Waals surface area contributed by atoms with Gasteiger partial charge in [0.1, 0.15) is 10.9 Å². The molecular formula is C36H41N3O11S3. The molecule has 0 fully saturated rings. The number of rotatable bonds is 9. The Labute approximate surface area is 308 Å². The van der Waals surface area contributed by atoms with Crippen molar-refractivity contribution in [2.45, 2.75) is 86.6 Å². The summed E-state index contributed by atoms with van der Waals surface area (Å²) in [7, 11) is -14.1. The third-order valence-electron chi connectivity index (χ3n) is 11.0. The van der Waals surface area contributed by atoms with Crippen LogP contribution in [-0.4, -0.2) is 87.1 Å². The zero-order valence-electron chi connectivity index (χ0n) is 29.2. The van der Waals surface area contributed by atoms with Gasteiger partial charge in [-0.2, -0.15) is 25.3 Å². The lowest BCUT2D eigenvalue weighted by Gasteiger charge is -2.45. The van der Waals surface area contributed by atoms with Gasteiger partial charge in [0.15, 0.2) is 0 Å². The molecule has 0 saturated heterocycles. The summed E-state index contributed by atoms with van der Waals surface area (Å²) in [5.74, 6) is -2.09. The Morgan fingerprint density at radius 3 is 2.17 bits per heavy atom. The molecule has 1 aliphatic carbocycles. The van der Waals surface area contributed by atoms with Crippen molar-refractivity contribution in [3.05, 3.63) is 80.9 Å². The Hall–Kier alpha value is -3.87. The fourth-order valence-electron chi connectivity index (χ4n) is 8.70. The van der Waals surface area contributed by atoms with Gasteiger partial charge in [-0.25, -0.2) is 4.79 Å². The zero-order chi connectivity index (χ0) is 38.2. The van der Waals surface area contributed by atoms with E-state index in [0.717, 1.165) is 78.8 Å². The summed E-state index contributed by atoms with van der Waals surface area (Å²) in [4.78, 5) is 20.4. The van der Waals surface area contributed by atoms with Gasteiger partial charge in [-0.3, -0.25) is 18.7 Å². The van der Waals surface area contributed by atoms with Crippen LogP contribution in [0, 0.1) is 0 Å². The second-order valence-electron chi connectivity index (χ2n) is 14.8. The molecule has 53 heavy (non-hydrogen) atoms.